The molecule has 4 rings (SSSR count). The molecule has 0 aliphatic heterocycles. The number of rotatable bonds is 12. The first-order valence-electron chi connectivity index (χ1n) is 16.9. The van der Waals surface area contributed by atoms with Gasteiger partial charge in [0.2, 0.25) is 5.91 Å². The SMILES string of the molecule is C=C(Cn1cccn1)C(=O)N/C(SC)=C(/C=C(\C)NC(=O)CC1=CC=CC2=CC1C=CC=C2Oc1ccnc(C(=O)NC)c1)C(F)(F)F.CC.CCC. The van der Waals surface area contributed by atoms with Crippen LogP contribution in [-0.4, -0.2) is 52.0 Å². The Labute approximate surface area is 313 Å². The van der Waals surface area contributed by atoms with Gasteiger partial charge >= 0.3 is 6.18 Å². The lowest BCUT2D eigenvalue weighted by Gasteiger charge is -2.17. The Morgan fingerprint density at radius 3 is 2.45 bits per heavy atom. The molecule has 0 fully saturated rings. The minimum absolute atomic E-state index is 0.000215. The number of nitrogens with zero attached hydrogens (tertiary/aromatic N) is 3. The monoisotopic (exact) mass is 752 g/mol. The van der Waals surface area contributed by atoms with Crippen LogP contribution in [0.5, 0.6) is 5.75 Å². The molecule has 10 nitrogen and oxygen atoms in total. The number of allylic oxidation sites excluding steroid dienone is 10. The summed E-state index contributed by atoms with van der Waals surface area (Å²) in [5, 5.41) is 10.9. The van der Waals surface area contributed by atoms with Gasteiger partial charge in [-0.25, -0.2) is 0 Å². The fraction of sp³-hybridized carbons (Fsp3) is 0.308. The Hall–Kier alpha value is -5.37. The van der Waals surface area contributed by atoms with Crippen LogP contribution in [0.4, 0.5) is 13.2 Å². The quantitative estimate of drug-likeness (QED) is 0.149. The molecule has 0 saturated carbocycles. The number of amides is 3. The molecule has 2 bridgehead atoms. The summed E-state index contributed by atoms with van der Waals surface area (Å²) in [7, 11) is 1.50. The molecule has 2 aliphatic rings. The molecule has 0 spiro atoms. The molecule has 0 radical (unpaired) electrons. The number of carbonyl (C=O) groups excluding carboxylic acids is 3. The van der Waals surface area contributed by atoms with Crippen LogP contribution in [0.1, 0.15) is 57.9 Å². The maximum atomic E-state index is 14.2. The number of fused-ring (bicyclic) bond motifs is 1. The molecule has 2 heterocycles. The van der Waals surface area contributed by atoms with Gasteiger partial charge in [0.15, 0.2) is 0 Å². The molecule has 53 heavy (non-hydrogen) atoms. The van der Waals surface area contributed by atoms with E-state index in [0.717, 1.165) is 11.6 Å². The second-order valence-electron chi connectivity index (χ2n) is 11.2. The lowest BCUT2D eigenvalue weighted by Crippen LogP contribution is -2.29. The van der Waals surface area contributed by atoms with Gasteiger partial charge in [-0.2, -0.15) is 18.3 Å². The number of ether oxygens (including phenoxy) is 1. The molecule has 0 aromatic carbocycles. The average molecular weight is 753 g/mol. The van der Waals surface area contributed by atoms with Gasteiger partial charge in [-0.05, 0) is 37.5 Å². The molecule has 0 saturated heterocycles. The van der Waals surface area contributed by atoms with Crippen molar-refractivity contribution in [1.29, 1.82) is 0 Å². The third kappa shape index (κ3) is 13.9. The number of hydrogen-bond acceptors (Lipinski definition) is 7. The van der Waals surface area contributed by atoms with Crippen LogP contribution in [0.15, 0.2) is 131 Å². The summed E-state index contributed by atoms with van der Waals surface area (Å²) in [5.74, 6) is -1.06. The number of alkyl halides is 3. The zero-order chi connectivity index (χ0) is 39.6. The van der Waals surface area contributed by atoms with Crippen molar-refractivity contribution in [3.05, 3.63) is 136 Å². The van der Waals surface area contributed by atoms with Crippen LogP contribution in [0.2, 0.25) is 0 Å². The number of thioether (sulfide) groups is 1. The highest BCUT2D eigenvalue weighted by Gasteiger charge is 2.36. The summed E-state index contributed by atoms with van der Waals surface area (Å²) in [6.45, 7) is 13.3. The summed E-state index contributed by atoms with van der Waals surface area (Å²) in [5.41, 5.74) is 0.443. The van der Waals surface area contributed by atoms with E-state index in [1.807, 2.05) is 32.1 Å². The van der Waals surface area contributed by atoms with Crippen LogP contribution in [0.3, 0.4) is 0 Å². The highest BCUT2D eigenvalue weighted by atomic mass is 32.2. The van der Waals surface area contributed by atoms with Crippen LogP contribution >= 0.6 is 11.8 Å². The van der Waals surface area contributed by atoms with E-state index in [0.29, 0.717) is 28.8 Å². The molecular formula is C39H47F3N6O4S. The van der Waals surface area contributed by atoms with Gasteiger partial charge in [0.25, 0.3) is 11.8 Å². The van der Waals surface area contributed by atoms with Crippen molar-refractivity contribution >= 4 is 29.5 Å². The van der Waals surface area contributed by atoms with Crippen LogP contribution in [0, 0.1) is 5.92 Å². The number of carbonyl (C=O) groups is 3. The fourth-order valence-corrected chi connectivity index (χ4v) is 5.22. The van der Waals surface area contributed by atoms with Crippen molar-refractivity contribution < 1.29 is 32.3 Å². The van der Waals surface area contributed by atoms with Gasteiger partial charge < -0.3 is 20.7 Å². The molecule has 2 aromatic rings. The largest absolute Gasteiger partial charge is 0.457 e. The number of nitrogens with one attached hydrogen (secondary N) is 3. The van der Waals surface area contributed by atoms with E-state index >= 15 is 0 Å². The average Bonchev–Trinajstić information content (AvgIpc) is 3.46. The Kier molecular flexibility index (Phi) is 18.1. The molecule has 3 amide bonds. The van der Waals surface area contributed by atoms with E-state index in [1.165, 1.54) is 49.8 Å². The highest BCUT2D eigenvalue weighted by Crippen LogP contribution is 2.33. The second-order valence-corrected chi connectivity index (χ2v) is 12.0. The number of halogens is 3. The van der Waals surface area contributed by atoms with E-state index in [9.17, 15) is 27.6 Å². The molecule has 2 aliphatic carbocycles. The predicted molar refractivity (Wildman–Crippen MR) is 204 cm³/mol. The summed E-state index contributed by atoms with van der Waals surface area (Å²) in [6.07, 6.45) is 15.7. The van der Waals surface area contributed by atoms with Crippen LogP contribution < -0.4 is 20.7 Å². The Morgan fingerprint density at radius 2 is 1.83 bits per heavy atom. The van der Waals surface area contributed by atoms with E-state index in [4.69, 9.17) is 4.74 Å². The highest BCUT2D eigenvalue weighted by molar-refractivity contribution is 8.02. The Bertz CT molecular complexity index is 1820. The Balaban J connectivity index is 0.00000185. The van der Waals surface area contributed by atoms with E-state index < -0.39 is 28.6 Å². The van der Waals surface area contributed by atoms with Crippen molar-refractivity contribution in [1.82, 2.24) is 30.7 Å². The van der Waals surface area contributed by atoms with Crippen molar-refractivity contribution in [3.63, 3.8) is 0 Å². The van der Waals surface area contributed by atoms with Crippen LogP contribution in [-0.2, 0) is 16.1 Å². The third-order valence-electron chi connectivity index (χ3n) is 6.92. The van der Waals surface area contributed by atoms with Gasteiger partial charge in [-0.3, -0.25) is 24.0 Å². The van der Waals surface area contributed by atoms with Gasteiger partial charge in [0.1, 0.15) is 17.2 Å². The standard InChI is InChI=1S/C34H33F3N6O4S.C3H8.C2H6/c1-21(20-43-15-7-13-40-43)31(45)42-33(48-4)27(34(35,36)37)16-22(2)41-30(44)18-24-8-5-10-25-17-23(24)9-6-11-29(25)47-26-12-14-39-28(19-26)32(46)38-3;1-3-2;1-2/h5-17,19,23H,1,18,20H2,2-4H3,(H,38,46)(H,41,44)(H,42,45);3H2,1-2H3;1-2H3/b22-16+,33-27+;;. The maximum absolute atomic E-state index is 14.2. The van der Waals surface area contributed by atoms with Crippen molar-refractivity contribution in [2.75, 3.05) is 13.3 Å². The van der Waals surface area contributed by atoms with Gasteiger partial charge in [-0.15, -0.1) is 11.8 Å². The molecule has 2 aromatic heterocycles. The maximum Gasteiger partial charge on any atom is 0.418 e. The zero-order valence-corrected chi connectivity index (χ0v) is 31.8. The van der Waals surface area contributed by atoms with Crippen molar-refractivity contribution in [2.45, 2.75) is 60.2 Å². The predicted octanol–water partition coefficient (Wildman–Crippen LogP) is 7.87. The summed E-state index contributed by atoms with van der Waals surface area (Å²) < 4.78 is 50.0. The van der Waals surface area contributed by atoms with Gasteiger partial charge in [0.05, 0.1) is 17.1 Å². The number of aromatic nitrogens is 3. The fourth-order valence-electron chi connectivity index (χ4n) is 4.63. The first-order valence-corrected chi connectivity index (χ1v) is 18.2. The minimum atomic E-state index is -4.84. The first-order chi connectivity index (χ1) is 25.3. The zero-order valence-electron chi connectivity index (χ0n) is 31.0. The van der Waals surface area contributed by atoms with E-state index in [2.05, 4.69) is 46.5 Å². The van der Waals surface area contributed by atoms with Gasteiger partial charge in [0, 0.05) is 60.9 Å². The second kappa shape index (κ2) is 21.9. The van der Waals surface area contributed by atoms with Crippen molar-refractivity contribution in [3.8, 4) is 5.75 Å². The number of hydrogen-bond donors (Lipinski definition) is 3. The summed E-state index contributed by atoms with van der Waals surface area (Å²) >= 11 is 0.706. The summed E-state index contributed by atoms with van der Waals surface area (Å²) in [6, 6.07) is 4.79. The smallest absolute Gasteiger partial charge is 0.418 e. The topological polar surface area (TPSA) is 127 Å². The summed E-state index contributed by atoms with van der Waals surface area (Å²) in [4.78, 5) is 41.7. The molecule has 1 unspecified atom stereocenters. The normalized spacial score (nSPS) is 15.2. The lowest BCUT2D eigenvalue weighted by atomic mass is 9.94. The van der Waals surface area contributed by atoms with E-state index in [-0.39, 0.29) is 41.8 Å². The third-order valence-corrected chi connectivity index (χ3v) is 7.65. The molecular weight excluding hydrogens is 706 g/mol. The first kappa shape index (κ1) is 43.8. The minimum Gasteiger partial charge on any atom is -0.457 e. The molecule has 284 valence electrons. The number of pyridine rings is 1. The van der Waals surface area contributed by atoms with Gasteiger partial charge in [-0.1, -0.05) is 82.7 Å². The molecule has 3 N–H and O–H groups in total. The van der Waals surface area contributed by atoms with Crippen molar-refractivity contribution in [2.24, 2.45) is 5.92 Å². The lowest BCUT2D eigenvalue weighted by molar-refractivity contribution is -0.120. The van der Waals surface area contributed by atoms with Crippen LogP contribution in [0.25, 0.3) is 0 Å². The molecule has 1 atom stereocenters. The Morgan fingerprint density at radius 1 is 1.11 bits per heavy atom. The van der Waals surface area contributed by atoms with E-state index in [1.54, 1.807) is 42.6 Å². The molecule has 14 heteroatoms.